The van der Waals surface area contributed by atoms with E-state index in [4.69, 9.17) is 18.9 Å². The highest BCUT2D eigenvalue weighted by Gasteiger charge is 2.25. The van der Waals surface area contributed by atoms with E-state index in [1.807, 2.05) is 21.1 Å². The fraction of sp³-hybridized carbons (Fsp3) is 0.769. The van der Waals surface area contributed by atoms with Crippen LogP contribution >= 0.6 is 0 Å². The Kier molecular flexibility index (Phi) is 53.5. The van der Waals surface area contributed by atoms with Gasteiger partial charge in [-0.05, 0) is 83.5 Å². The maximum absolute atomic E-state index is 12.9. The zero-order valence-electron chi connectivity index (χ0n) is 48.7. The highest BCUT2D eigenvalue weighted by Crippen LogP contribution is 2.16. The summed E-state index contributed by atoms with van der Waals surface area (Å²) in [4.78, 5) is 37.4. The molecular formula is C65H116NO8+. The lowest BCUT2D eigenvalue weighted by molar-refractivity contribution is -0.870. The fourth-order valence-electron chi connectivity index (χ4n) is 8.51. The molecule has 2 atom stereocenters. The number of hydrogen-bond acceptors (Lipinski definition) is 7. The Labute approximate surface area is 456 Å². The van der Waals surface area contributed by atoms with Crippen LogP contribution in [0, 0.1) is 0 Å². The average Bonchev–Trinajstić information content (AvgIpc) is 3.37. The van der Waals surface area contributed by atoms with Crippen LogP contribution in [-0.2, 0) is 33.3 Å². The number of hydrogen-bond donors (Lipinski definition) is 1. The van der Waals surface area contributed by atoms with Crippen molar-refractivity contribution in [1.29, 1.82) is 0 Å². The topological polar surface area (TPSA) is 108 Å². The zero-order valence-corrected chi connectivity index (χ0v) is 48.7. The van der Waals surface area contributed by atoms with E-state index >= 15 is 0 Å². The van der Waals surface area contributed by atoms with Gasteiger partial charge in [-0.3, -0.25) is 9.59 Å². The predicted octanol–water partition coefficient (Wildman–Crippen LogP) is 18.2. The first-order valence-corrected chi connectivity index (χ1v) is 30.6. The average molecular weight is 1040 g/mol. The molecule has 0 aliphatic carbocycles. The Bertz CT molecular complexity index is 1440. The van der Waals surface area contributed by atoms with Crippen LogP contribution in [0.4, 0.5) is 0 Å². The van der Waals surface area contributed by atoms with E-state index in [2.05, 4.69) is 86.8 Å². The lowest BCUT2D eigenvalue weighted by Gasteiger charge is -2.25. The van der Waals surface area contributed by atoms with Crippen LogP contribution in [0.1, 0.15) is 264 Å². The monoisotopic (exact) mass is 1040 g/mol. The van der Waals surface area contributed by atoms with Gasteiger partial charge >= 0.3 is 17.9 Å². The quantitative estimate of drug-likeness (QED) is 0.0211. The van der Waals surface area contributed by atoms with E-state index in [9.17, 15) is 19.5 Å². The van der Waals surface area contributed by atoms with Crippen LogP contribution in [0.15, 0.2) is 72.9 Å². The first kappa shape index (κ1) is 70.7. The number of likely N-dealkylation sites (N-methyl/N-ethyl adjacent to an activating group) is 1. The molecule has 0 saturated heterocycles. The summed E-state index contributed by atoms with van der Waals surface area (Å²) in [6, 6.07) is 0. The zero-order chi connectivity index (χ0) is 54.1. The minimum atomic E-state index is -1.51. The first-order chi connectivity index (χ1) is 36.1. The van der Waals surface area contributed by atoms with E-state index in [1.165, 1.54) is 148 Å². The molecule has 0 fully saturated rings. The van der Waals surface area contributed by atoms with Gasteiger partial charge in [-0.15, -0.1) is 0 Å². The summed E-state index contributed by atoms with van der Waals surface area (Å²) in [6.45, 7) is 4.77. The van der Waals surface area contributed by atoms with Gasteiger partial charge in [0.25, 0.3) is 6.29 Å². The molecule has 1 N–H and O–H groups in total. The fourth-order valence-corrected chi connectivity index (χ4v) is 8.51. The first-order valence-electron chi connectivity index (χ1n) is 30.6. The van der Waals surface area contributed by atoms with Crippen LogP contribution in [0.3, 0.4) is 0 Å². The molecule has 0 radical (unpaired) electrons. The van der Waals surface area contributed by atoms with E-state index in [1.54, 1.807) is 0 Å². The van der Waals surface area contributed by atoms with Crippen molar-refractivity contribution < 1.29 is 42.9 Å². The smallest absolute Gasteiger partial charge is 0.361 e. The Morgan fingerprint density at radius 3 is 1.16 bits per heavy atom. The standard InChI is InChI=1S/C65H115NO8/c1-6-8-10-12-14-16-18-20-22-24-25-26-27-28-29-30-31-32-33-34-35-36-37-38-39-40-42-44-46-48-50-52-54-56-63(68)74-61(60-73-65(64(69)70)71-58-57-66(3,4)5)59-72-62(67)55-53-51-49-47-45-43-41-23-21-19-17-15-13-11-9-7-2/h8,10,14,16,20,22-23,25-26,28-29,41,61,65H,6-7,9,11-13,15,17-19,21,24,27,30-40,42-60H2,1-5H3/p+1/b10-8-,16-14-,22-20-,26-25-,29-28-,41-23-. The number of rotatable bonds is 56. The predicted molar refractivity (Wildman–Crippen MR) is 313 cm³/mol. The van der Waals surface area contributed by atoms with Crippen molar-refractivity contribution in [2.24, 2.45) is 0 Å². The third-order valence-electron chi connectivity index (χ3n) is 13.2. The maximum atomic E-state index is 12.9. The number of carbonyl (C=O) groups excluding carboxylic acids is 2. The molecule has 9 heteroatoms. The lowest BCUT2D eigenvalue weighted by atomic mass is 10.0. The molecule has 0 rings (SSSR count). The molecule has 0 heterocycles. The van der Waals surface area contributed by atoms with E-state index in [-0.39, 0.29) is 32.2 Å². The van der Waals surface area contributed by atoms with Crippen molar-refractivity contribution in [3.05, 3.63) is 72.9 Å². The number of allylic oxidation sites excluding steroid dienone is 12. The third-order valence-corrected chi connectivity index (χ3v) is 13.2. The normalized spacial score (nSPS) is 13.3. The second kappa shape index (κ2) is 55.9. The number of aliphatic carboxylic acids is 1. The van der Waals surface area contributed by atoms with Crippen molar-refractivity contribution in [1.82, 2.24) is 0 Å². The molecule has 0 aromatic heterocycles. The molecule has 9 nitrogen and oxygen atoms in total. The summed E-state index contributed by atoms with van der Waals surface area (Å²) < 4.78 is 22.9. The van der Waals surface area contributed by atoms with Gasteiger partial charge in [0, 0.05) is 12.8 Å². The summed E-state index contributed by atoms with van der Waals surface area (Å²) in [5.74, 6) is -2.01. The van der Waals surface area contributed by atoms with Crippen LogP contribution in [0.5, 0.6) is 0 Å². The number of quaternary nitrogens is 1. The van der Waals surface area contributed by atoms with Gasteiger partial charge in [0.2, 0.25) is 0 Å². The molecule has 0 saturated carbocycles. The van der Waals surface area contributed by atoms with Crippen LogP contribution in [0.2, 0.25) is 0 Å². The summed E-state index contributed by atoms with van der Waals surface area (Å²) >= 11 is 0. The number of unbranched alkanes of at least 4 members (excludes halogenated alkanes) is 29. The largest absolute Gasteiger partial charge is 0.477 e. The van der Waals surface area contributed by atoms with Gasteiger partial charge in [-0.25, -0.2) is 4.79 Å². The number of carboxylic acids is 1. The summed E-state index contributed by atoms with van der Waals surface area (Å²) in [6.07, 6.45) is 69.9. The minimum Gasteiger partial charge on any atom is -0.477 e. The van der Waals surface area contributed by atoms with Gasteiger partial charge in [-0.2, -0.15) is 0 Å². The number of esters is 2. The van der Waals surface area contributed by atoms with Gasteiger partial charge in [-0.1, -0.05) is 241 Å². The number of carboxylic acid groups (broad SMARTS) is 1. The number of nitrogens with zero attached hydrogens (tertiary/aromatic N) is 1. The van der Waals surface area contributed by atoms with Gasteiger partial charge in [0.15, 0.2) is 6.10 Å². The summed E-state index contributed by atoms with van der Waals surface area (Å²) in [5, 5.41) is 9.70. The Morgan fingerprint density at radius 1 is 0.419 bits per heavy atom. The SMILES string of the molecule is CC/C=C\C/C=C\C/C=C\C/C=C\C/C=C\CCCCCCCCCCCCCCCCCCCC(=O)OC(COC(=O)CCCCCCC/C=C\CCCCCCCCC)COC(OCC[N+](C)(C)C)C(=O)O. The van der Waals surface area contributed by atoms with Crippen molar-refractivity contribution >= 4 is 17.9 Å². The van der Waals surface area contributed by atoms with Gasteiger partial charge in [0.1, 0.15) is 13.2 Å². The molecule has 0 amide bonds. The molecule has 2 unspecified atom stereocenters. The molecule has 0 aliphatic rings. The third kappa shape index (κ3) is 56.5. The highest BCUT2D eigenvalue weighted by atomic mass is 16.7. The van der Waals surface area contributed by atoms with Crippen molar-refractivity contribution in [2.45, 2.75) is 277 Å². The number of carbonyl (C=O) groups is 3. The molecule has 428 valence electrons. The Hall–Kier alpha value is -3.27. The van der Waals surface area contributed by atoms with Crippen LogP contribution in [-0.4, -0.2) is 87.4 Å². The van der Waals surface area contributed by atoms with Gasteiger partial charge in [0.05, 0.1) is 34.4 Å². The lowest BCUT2D eigenvalue weighted by Crippen LogP contribution is -2.40. The molecule has 0 aromatic rings. The molecule has 0 aliphatic heterocycles. The highest BCUT2D eigenvalue weighted by molar-refractivity contribution is 5.71. The molecule has 0 aromatic carbocycles. The Balaban J connectivity index is 4.12. The molecule has 0 spiro atoms. The maximum Gasteiger partial charge on any atom is 0.361 e. The second-order valence-electron chi connectivity index (χ2n) is 21.6. The Morgan fingerprint density at radius 2 is 0.770 bits per heavy atom. The summed E-state index contributed by atoms with van der Waals surface area (Å²) in [7, 11) is 5.97. The van der Waals surface area contributed by atoms with Crippen molar-refractivity contribution in [2.75, 3.05) is 47.5 Å². The molecular weight excluding hydrogens is 923 g/mol. The van der Waals surface area contributed by atoms with E-state index in [0.717, 1.165) is 89.9 Å². The second-order valence-corrected chi connectivity index (χ2v) is 21.6. The van der Waals surface area contributed by atoms with Crippen molar-refractivity contribution in [3.63, 3.8) is 0 Å². The van der Waals surface area contributed by atoms with E-state index in [0.29, 0.717) is 17.4 Å². The summed E-state index contributed by atoms with van der Waals surface area (Å²) in [5.41, 5.74) is 0. The molecule has 0 bridgehead atoms. The van der Waals surface area contributed by atoms with Gasteiger partial charge < -0.3 is 28.5 Å². The number of ether oxygens (including phenoxy) is 4. The minimum absolute atomic E-state index is 0.186. The molecule has 74 heavy (non-hydrogen) atoms. The van der Waals surface area contributed by atoms with Crippen LogP contribution in [0.25, 0.3) is 0 Å². The van der Waals surface area contributed by atoms with Crippen LogP contribution < -0.4 is 0 Å². The van der Waals surface area contributed by atoms with E-state index < -0.39 is 24.3 Å². The van der Waals surface area contributed by atoms with Crippen molar-refractivity contribution in [3.8, 4) is 0 Å².